The van der Waals surface area contributed by atoms with Crippen molar-refractivity contribution < 1.29 is 48.6 Å². The molecule has 272 valence electrons. The molecule has 1 unspecified atom stereocenters. The Morgan fingerprint density at radius 3 is 1.87 bits per heavy atom. The molecule has 0 aliphatic heterocycles. The van der Waals surface area contributed by atoms with Gasteiger partial charge in [0.15, 0.2) is 18.5 Å². The van der Waals surface area contributed by atoms with Crippen molar-refractivity contribution in [3.63, 3.8) is 0 Å². The maximum absolute atomic E-state index is 12.5. The number of nitrogens with zero attached hydrogens (tertiary/aromatic N) is 2. The number of rotatable bonds is 12. The molecule has 4 aromatic rings. The molecule has 1 atom stereocenters. The van der Waals surface area contributed by atoms with Gasteiger partial charge < -0.3 is 10.0 Å². The molecular formula is C37H37N2O10S3+. The van der Waals surface area contributed by atoms with Crippen molar-refractivity contribution in [1.29, 1.82) is 0 Å². The molecule has 5 rings (SSSR count). The topological polar surface area (TPSA) is 190 Å². The Labute approximate surface area is 303 Å². The predicted octanol–water partition coefficient (Wildman–Crippen LogP) is 5.55. The largest absolute Gasteiger partial charge is 0.369 e. The Hall–Kier alpha value is -4.74. The Morgan fingerprint density at radius 1 is 0.692 bits per heavy atom. The van der Waals surface area contributed by atoms with Crippen molar-refractivity contribution >= 4 is 47.3 Å². The highest BCUT2D eigenvalue weighted by molar-refractivity contribution is 7.86. The van der Waals surface area contributed by atoms with Gasteiger partial charge >= 0.3 is 0 Å². The van der Waals surface area contributed by atoms with E-state index >= 15 is 0 Å². The molecule has 52 heavy (non-hydrogen) atoms. The Morgan fingerprint density at radius 2 is 1.29 bits per heavy atom. The van der Waals surface area contributed by atoms with E-state index in [1.807, 2.05) is 23.7 Å². The maximum Gasteiger partial charge on any atom is 0.295 e. The average molecular weight is 766 g/mol. The molecule has 0 saturated heterocycles. The van der Waals surface area contributed by atoms with Gasteiger partial charge in [-0.25, -0.2) is 4.58 Å². The lowest BCUT2D eigenvalue weighted by atomic mass is 9.90. The van der Waals surface area contributed by atoms with Crippen molar-refractivity contribution in [2.45, 2.75) is 41.3 Å². The van der Waals surface area contributed by atoms with E-state index < -0.39 is 36.6 Å². The summed E-state index contributed by atoms with van der Waals surface area (Å²) in [5.41, 5.74) is 4.18. The highest BCUT2D eigenvalue weighted by atomic mass is 32.2. The minimum Gasteiger partial charge on any atom is -0.369 e. The van der Waals surface area contributed by atoms with Crippen molar-refractivity contribution in [1.82, 2.24) is 0 Å². The summed E-state index contributed by atoms with van der Waals surface area (Å²) in [5.74, 6) is 0. The molecule has 0 fully saturated rings. The van der Waals surface area contributed by atoms with Gasteiger partial charge in [0, 0.05) is 41.1 Å². The van der Waals surface area contributed by atoms with Crippen LogP contribution in [0.5, 0.6) is 0 Å². The lowest BCUT2D eigenvalue weighted by Gasteiger charge is -2.29. The third kappa shape index (κ3) is 8.82. The Balaban J connectivity index is 1.56. The number of aliphatic hydroxyl groups is 1. The van der Waals surface area contributed by atoms with Crippen LogP contribution < -0.4 is 4.90 Å². The normalized spacial score (nSPS) is 14.0. The minimum atomic E-state index is -4.64. The first-order valence-electron chi connectivity index (χ1n) is 16.0. The molecular weight excluding hydrogens is 729 g/mol. The van der Waals surface area contributed by atoms with Crippen molar-refractivity contribution in [3.8, 4) is 0 Å². The van der Waals surface area contributed by atoms with E-state index in [1.54, 1.807) is 72.5 Å². The summed E-state index contributed by atoms with van der Waals surface area (Å²) in [6.45, 7) is 4.94. The molecule has 0 aromatic heterocycles. The molecule has 0 amide bonds. The van der Waals surface area contributed by atoms with Crippen LogP contribution in [-0.2, 0) is 36.9 Å². The van der Waals surface area contributed by atoms with Gasteiger partial charge in [-0.1, -0.05) is 54.6 Å². The zero-order valence-electron chi connectivity index (χ0n) is 28.1. The first-order chi connectivity index (χ1) is 24.5. The summed E-state index contributed by atoms with van der Waals surface area (Å²) in [6.07, 6.45) is 6.02. The molecule has 0 radical (unpaired) electrons. The van der Waals surface area contributed by atoms with E-state index in [0.29, 0.717) is 47.6 Å². The average Bonchev–Trinajstić information content (AvgIpc) is 3.11. The number of anilines is 1. The van der Waals surface area contributed by atoms with Crippen LogP contribution in [0.15, 0.2) is 142 Å². The van der Waals surface area contributed by atoms with Gasteiger partial charge in [-0.15, -0.1) is 0 Å². The van der Waals surface area contributed by atoms with E-state index in [4.69, 9.17) is 0 Å². The third-order valence-electron chi connectivity index (χ3n) is 8.48. The van der Waals surface area contributed by atoms with Gasteiger partial charge in [0.2, 0.25) is 0 Å². The predicted molar refractivity (Wildman–Crippen MR) is 197 cm³/mol. The number of hydrogen-bond donors (Lipinski definition) is 4. The first kappa shape index (κ1) is 38.5. The second-order valence-corrected chi connectivity index (χ2v) is 16.0. The monoisotopic (exact) mass is 765 g/mol. The van der Waals surface area contributed by atoms with E-state index in [1.165, 1.54) is 48.5 Å². The minimum absolute atomic E-state index is 0.206. The van der Waals surface area contributed by atoms with Crippen LogP contribution in [0.2, 0.25) is 0 Å². The molecule has 12 nitrogen and oxygen atoms in total. The molecule has 1 aliphatic carbocycles. The van der Waals surface area contributed by atoms with Crippen LogP contribution in [-0.4, -0.2) is 67.4 Å². The number of hydrogen-bond acceptors (Lipinski definition) is 8. The Bertz CT molecular complexity index is 2430. The molecule has 4 N–H and O–H groups in total. The number of allylic oxidation sites excluding steroid dienone is 5. The van der Waals surface area contributed by atoms with Crippen molar-refractivity contribution in [2.75, 3.05) is 18.0 Å². The van der Waals surface area contributed by atoms with Crippen LogP contribution >= 0.6 is 0 Å². The fraction of sp³-hybridized carbons (Fsp3) is 0.162. The van der Waals surface area contributed by atoms with Crippen LogP contribution in [0.4, 0.5) is 5.69 Å². The molecule has 0 heterocycles. The van der Waals surface area contributed by atoms with Gasteiger partial charge in [0.25, 0.3) is 30.4 Å². The third-order valence-corrected chi connectivity index (χ3v) is 11.1. The quantitative estimate of drug-likeness (QED) is 0.0805. The number of aliphatic hydroxyl groups excluding tert-OH is 1. The van der Waals surface area contributed by atoms with Gasteiger partial charge in [0.05, 0.1) is 9.79 Å². The van der Waals surface area contributed by atoms with Crippen LogP contribution in [0, 0.1) is 0 Å². The molecule has 0 spiro atoms. The summed E-state index contributed by atoms with van der Waals surface area (Å²) in [4.78, 5) is 0.753. The molecule has 0 saturated carbocycles. The van der Waals surface area contributed by atoms with Crippen LogP contribution in [0.3, 0.4) is 0 Å². The zero-order valence-corrected chi connectivity index (χ0v) is 30.6. The van der Waals surface area contributed by atoms with E-state index in [0.717, 1.165) is 5.71 Å². The molecule has 1 aliphatic rings. The second-order valence-electron chi connectivity index (χ2n) is 11.8. The standard InChI is InChI=1S/C37H36N2O10S3/c1-3-38(25-26-9-7-11-32(23-26)50(41,42)43)30-19-15-27(16-20-30)36(34-13-5-6-14-35(34)52(47,48)49)28-17-21-31(22-18-28)39(4-2)37(40)29-10-8-12-33(24-29)51(44,45)46/h5-24,37,40H,3-4,25H2,1-2H3,(H2-,41,42,43,44,45,46,47,48,49)/p+1. The molecule has 0 bridgehead atoms. The summed E-state index contributed by atoms with van der Waals surface area (Å²) < 4.78 is 103. The molecule has 15 heteroatoms. The maximum atomic E-state index is 12.5. The zero-order chi connectivity index (χ0) is 37.8. The smallest absolute Gasteiger partial charge is 0.295 e. The fourth-order valence-electron chi connectivity index (χ4n) is 5.96. The number of benzene rings is 4. The highest BCUT2D eigenvalue weighted by Gasteiger charge is 2.24. The summed E-state index contributed by atoms with van der Waals surface area (Å²) in [6, 6.07) is 24.4. The first-order valence-corrected chi connectivity index (χ1v) is 20.3. The summed E-state index contributed by atoms with van der Waals surface area (Å²) in [5, 5.41) is 11.2. The summed E-state index contributed by atoms with van der Waals surface area (Å²) >= 11 is 0. The van der Waals surface area contributed by atoms with Gasteiger partial charge in [-0.05, 0) is 85.2 Å². The van der Waals surface area contributed by atoms with E-state index in [2.05, 4.69) is 0 Å². The summed E-state index contributed by atoms with van der Waals surface area (Å²) in [7, 11) is -13.5. The van der Waals surface area contributed by atoms with Gasteiger partial charge in [-0.2, -0.15) is 25.3 Å². The molecule has 4 aromatic carbocycles. The van der Waals surface area contributed by atoms with Gasteiger partial charge in [0.1, 0.15) is 11.4 Å². The SMILES string of the molecule is CCN(c1ccc(C(=C2C=CC(=[N+](CC)Cc3cccc(S(=O)(=O)O)c3)C=C2)c2ccccc2S(=O)(=O)O)cc1)C(O)c1cccc(S(=O)(=O)O)c1. The lowest BCUT2D eigenvalue weighted by molar-refractivity contribution is -0.539. The van der Waals surface area contributed by atoms with Gasteiger partial charge in [-0.3, -0.25) is 13.7 Å². The fourth-order valence-corrected chi connectivity index (χ4v) is 7.74. The lowest BCUT2D eigenvalue weighted by Crippen LogP contribution is -2.28. The Kier molecular flexibility index (Phi) is 11.5. The van der Waals surface area contributed by atoms with E-state index in [9.17, 15) is 44.0 Å². The van der Waals surface area contributed by atoms with E-state index in [-0.39, 0.29) is 25.8 Å². The second kappa shape index (κ2) is 15.5. The highest BCUT2D eigenvalue weighted by Crippen LogP contribution is 2.35. The van der Waals surface area contributed by atoms with Crippen LogP contribution in [0.1, 0.15) is 42.3 Å². The van der Waals surface area contributed by atoms with Crippen molar-refractivity contribution in [2.24, 2.45) is 0 Å². The van der Waals surface area contributed by atoms with Crippen LogP contribution in [0.25, 0.3) is 5.57 Å². The van der Waals surface area contributed by atoms with Crippen molar-refractivity contribution in [3.05, 3.63) is 149 Å².